The molecule has 0 saturated heterocycles. The van der Waals surface area contributed by atoms with Crippen LogP contribution in [0.1, 0.15) is 40.0 Å². The van der Waals surface area contributed by atoms with E-state index in [9.17, 15) is 0 Å². The van der Waals surface area contributed by atoms with E-state index in [1.807, 2.05) is 0 Å². The molecule has 62 valence electrons. The zero-order valence-electron chi connectivity index (χ0n) is 7.56. The van der Waals surface area contributed by atoms with Crippen LogP contribution in [0.15, 0.2) is 0 Å². The van der Waals surface area contributed by atoms with Crippen LogP contribution in [0, 0.1) is 11.8 Å². The first-order valence-corrected chi connectivity index (χ1v) is 4.40. The van der Waals surface area contributed by atoms with Crippen molar-refractivity contribution in [1.29, 1.82) is 0 Å². The maximum atomic E-state index is 5.50. The minimum absolute atomic E-state index is 0.717. The van der Waals surface area contributed by atoms with Gasteiger partial charge in [-0.25, -0.2) is 0 Å². The lowest BCUT2D eigenvalue weighted by Crippen LogP contribution is -2.11. The second-order valence-corrected chi connectivity index (χ2v) is 3.43. The Balaban J connectivity index is 3.17. The maximum absolute atomic E-state index is 5.50. The van der Waals surface area contributed by atoms with Gasteiger partial charge in [-0.15, -0.1) is 0 Å². The Morgan fingerprint density at radius 1 is 1.10 bits per heavy atom. The van der Waals surface area contributed by atoms with Crippen molar-refractivity contribution < 1.29 is 0 Å². The Kier molecular flexibility index (Phi) is 5.70. The van der Waals surface area contributed by atoms with Gasteiger partial charge >= 0.3 is 0 Å². The summed E-state index contributed by atoms with van der Waals surface area (Å²) in [6.45, 7) is 7.62. The number of hydrogen-bond donors (Lipinski definition) is 1. The van der Waals surface area contributed by atoms with E-state index < -0.39 is 0 Å². The average Bonchev–Trinajstić information content (AvgIpc) is 1.99. The Morgan fingerprint density at radius 3 is 2.00 bits per heavy atom. The molecule has 0 radical (unpaired) electrons. The third-order valence-electron chi connectivity index (χ3n) is 2.25. The summed E-state index contributed by atoms with van der Waals surface area (Å²) in [4.78, 5) is 0. The predicted octanol–water partition coefficient (Wildman–Crippen LogP) is 2.41. The molecule has 0 heterocycles. The summed E-state index contributed by atoms with van der Waals surface area (Å²) in [5, 5.41) is 0. The molecule has 10 heavy (non-hydrogen) atoms. The first-order valence-electron chi connectivity index (χ1n) is 4.40. The highest BCUT2D eigenvalue weighted by molar-refractivity contribution is 4.56. The molecule has 0 aliphatic rings. The highest BCUT2D eigenvalue weighted by Crippen LogP contribution is 2.13. The van der Waals surface area contributed by atoms with Gasteiger partial charge in [0.05, 0.1) is 0 Å². The van der Waals surface area contributed by atoms with Crippen LogP contribution < -0.4 is 5.73 Å². The third kappa shape index (κ3) is 4.80. The quantitative estimate of drug-likeness (QED) is 0.628. The van der Waals surface area contributed by atoms with Gasteiger partial charge in [-0.1, -0.05) is 33.6 Å². The summed E-state index contributed by atoms with van der Waals surface area (Å²) >= 11 is 0. The van der Waals surface area contributed by atoms with Gasteiger partial charge in [-0.3, -0.25) is 0 Å². The van der Waals surface area contributed by atoms with Crippen molar-refractivity contribution in [2.45, 2.75) is 40.0 Å². The first kappa shape index (κ1) is 9.96. The predicted molar refractivity (Wildman–Crippen MR) is 46.9 cm³/mol. The van der Waals surface area contributed by atoms with Crippen molar-refractivity contribution in [2.24, 2.45) is 17.6 Å². The van der Waals surface area contributed by atoms with Crippen LogP contribution in [0.2, 0.25) is 0 Å². The number of hydrogen-bond acceptors (Lipinski definition) is 1. The van der Waals surface area contributed by atoms with Gasteiger partial charge in [-0.05, 0) is 24.8 Å². The summed E-state index contributed by atoms with van der Waals surface area (Å²) in [7, 11) is 0. The minimum atomic E-state index is 0.717. The molecule has 0 bridgehead atoms. The fourth-order valence-electron chi connectivity index (χ4n) is 0.891. The van der Waals surface area contributed by atoms with Crippen LogP contribution in [0.3, 0.4) is 0 Å². The van der Waals surface area contributed by atoms with Gasteiger partial charge < -0.3 is 5.73 Å². The van der Waals surface area contributed by atoms with Crippen molar-refractivity contribution in [3.05, 3.63) is 0 Å². The lowest BCUT2D eigenvalue weighted by Gasteiger charge is -2.11. The van der Waals surface area contributed by atoms with Crippen molar-refractivity contribution in [3.63, 3.8) is 0 Å². The van der Waals surface area contributed by atoms with E-state index >= 15 is 0 Å². The summed E-state index contributed by atoms with van der Waals surface area (Å²) in [6.07, 6.45) is 3.94. The Hall–Kier alpha value is -0.0400. The third-order valence-corrected chi connectivity index (χ3v) is 2.25. The fraction of sp³-hybridized carbons (Fsp3) is 1.00. The fourth-order valence-corrected chi connectivity index (χ4v) is 0.891. The molecule has 0 aromatic carbocycles. The molecular weight excluding hydrogens is 122 g/mol. The van der Waals surface area contributed by atoms with Gasteiger partial charge in [0.2, 0.25) is 0 Å². The van der Waals surface area contributed by atoms with E-state index in [0.717, 1.165) is 12.5 Å². The van der Waals surface area contributed by atoms with Gasteiger partial charge in [0.15, 0.2) is 0 Å². The van der Waals surface area contributed by atoms with Crippen LogP contribution in [-0.2, 0) is 0 Å². The second kappa shape index (κ2) is 5.72. The molecule has 0 aromatic rings. The van der Waals surface area contributed by atoms with Gasteiger partial charge in [-0.2, -0.15) is 0 Å². The van der Waals surface area contributed by atoms with Crippen LogP contribution in [0.25, 0.3) is 0 Å². The molecule has 0 aliphatic heterocycles. The van der Waals surface area contributed by atoms with E-state index in [2.05, 4.69) is 20.8 Å². The second-order valence-electron chi connectivity index (χ2n) is 3.43. The summed E-state index contributed by atoms with van der Waals surface area (Å²) in [5.74, 6) is 1.60. The van der Waals surface area contributed by atoms with Crippen LogP contribution >= 0.6 is 0 Å². The zero-order chi connectivity index (χ0) is 7.98. The molecule has 1 nitrogen and oxygen atoms in total. The average molecular weight is 143 g/mol. The highest BCUT2D eigenvalue weighted by atomic mass is 14.5. The molecule has 1 unspecified atom stereocenters. The molecule has 0 fully saturated rings. The zero-order valence-corrected chi connectivity index (χ0v) is 7.56. The summed E-state index contributed by atoms with van der Waals surface area (Å²) in [6, 6.07) is 0. The first-order chi connectivity index (χ1) is 4.70. The molecule has 0 aromatic heterocycles. The van der Waals surface area contributed by atoms with Gasteiger partial charge in [0, 0.05) is 0 Å². The molecule has 0 aliphatic carbocycles. The standard InChI is InChI=1S/C9H21N/c1-4-8(2)5-6-9(3)7-10/h8-9H,4-7,10H2,1-3H3/t8?,9-/m1/s1. The highest BCUT2D eigenvalue weighted by Gasteiger charge is 2.02. The Labute approximate surface area is 65.0 Å². The van der Waals surface area contributed by atoms with E-state index in [1.165, 1.54) is 19.3 Å². The molecule has 0 rings (SSSR count). The molecule has 0 saturated carbocycles. The SMILES string of the molecule is CCC(C)CC[C@@H](C)CN. The normalized spacial score (nSPS) is 16.8. The Morgan fingerprint density at radius 2 is 1.60 bits per heavy atom. The minimum Gasteiger partial charge on any atom is -0.330 e. The van der Waals surface area contributed by atoms with E-state index in [4.69, 9.17) is 5.73 Å². The van der Waals surface area contributed by atoms with Gasteiger partial charge in [0.25, 0.3) is 0 Å². The lowest BCUT2D eigenvalue weighted by molar-refractivity contribution is 0.428. The number of rotatable bonds is 5. The topological polar surface area (TPSA) is 26.0 Å². The van der Waals surface area contributed by atoms with E-state index in [-0.39, 0.29) is 0 Å². The molecule has 2 atom stereocenters. The largest absolute Gasteiger partial charge is 0.330 e. The molecule has 0 amide bonds. The molecule has 1 heteroatoms. The number of nitrogens with two attached hydrogens (primary N) is 1. The van der Waals surface area contributed by atoms with Crippen molar-refractivity contribution in [3.8, 4) is 0 Å². The summed E-state index contributed by atoms with van der Waals surface area (Å²) in [5.41, 5.74) is 5.50. The Bertz CT molecular complexity index is 61.1. The molecule has 0 spiro atoms. The maximum Gasteiger partial charge on any atom is -0.00515 e. The van der Waals surface area contributed by atoms with Crippen molar-refractivity contribution in [1.82, 2.24) is 0 Å². The summed E-state index contributed by atoms with van der Waals surface area (Å²) < 4.78 is 0. The van der Waals surface area contributed by atoms with Gasteiger partial charge in [0.1, 0.15) is 0 Å². The van der Waals surface area contributed by atoms with Crippen molar-refractivity contribution >= 4 is 0 Å². The van der Waals surface area contributed by atoms with Crippen molar-refractivity contribution in [2.75, 3.05) is 6.54 Å². The molecular formula is C9H21N. The van der Waals surface area contributed by atoms with Crippen LogP contribution in [0.5, 0.6) is 0 Å². The van der Waals surface area contributed by atoms with E-state index in [1.54, 1.807) is 0 Å². The van der Waals surface area contributed by atoms with Crippen LogP contribution in [0.4, 0.5) is 0 Å². The monoisotopic (exact) mass is 143 g/mol. The van der Waals surface area contributed by atoms with Crippen LogP contribution in [-0.4, -0.2) is 6.54 Å². The lowest BCUT2D eigenvalue weighted by atomic mass is 9.97. The van der Waals surface area contributed by atoms with E-state index in [0.29, 0.717) is 5.92 Å². The smallest absolute Gasteiger partial charge is 0.00515 e. The molecule has 2 N–H and O–H groups in total.